The molecule has 0 bridgehead atoms. The van der Waals surface area contributed by atoms with Crippen LogP contribution in [0.1, 0.15) is 38.7 Å². The predicted molar refractivity (Wildman–Crippen MR) is 81.6 cm³/mol. The van der Waals surface area contributed by atoms with E-state index in [9.17, 15) is 0 Å². The zero-order valence-corrected chi connectivity index (χ0v) is 13.8. The van der Waals surface area contributed by atoms with Gasteiger partial charge in [0.25, 0.3) is 0 Å². The van der Waals surface area contributed by atoms with Crippen molar-refractivity contribution in [2.45, 2.75) is 51.4 Å². The van der Waals surface area contributed by atoms with Gasteiger partial charge in [-0.1, -0.05) is 17.7 Å². The van der Waals surface area contributed by atoms with Crippen LogP contribution in [0.15, 0.2) is 22.7 Å². The summed E-state index contributed by atoms with van der Waals surface area (Å²) in [5.41, 5.74) is 0.965. The third-order valence-electron chi connectivity index (χ3n) is 3.20. The van der Waals surface area contributed by atoms with Crippen molar-refractivity contribution in [1.82, 2.24) is 0 Å². The number of hydrogen-bond acceptors (Lipinski definition) is 2. The normalized spacial score (nSPS) is 20.5. The van der Waals surface area contributed by atoms with Gasteiger partial charge in [-0.15, -0.1) is 0 Å². The topological polar surface area (TPSA) is 18.5 Å². The summed E-state index contributed by atoms with van der Waals surface area (Å²) in [5, 5.41) is 0.734. The van der Waals surface area contributed by atoms with E-state index in [0.717, 1.165) is 35.4 Å². The second-order valence-electron chi connectivity index (χ2n) is 5.60. The van der Waals surface area contributed by atoms with Gasteiger partial charge in [-0.25, -0.2) is 0 Å². The van der Waals surface area contributed by atoms with Gasteiger partial charge in [0.1, 0.15) is 0 Å². The summed E-state index contributed by atoms with van der Waals surface area (Å²) in [4.78, 5) is 0. The lowest BCUT2D eigenvalue weighted by molar-refractivity contribution is -0.214. The van der Waals surface area contributed by atoms with Gasteiger partial charge in [0, 0.05) is 17.5 Å². The van der Waals surface area contributed by atoms with Gasteiger partial charge in [-0.05, 0) is 66.7 Å². The summed E-state index contributed by atoms with van der Waals surface area (Å²) in [6.07, 6.45) is 4.10. The molecule has 1 aromatic carbocycles. The molecule has 1 fully saturated rings. The fourth-order valence-corrected chi connectivity index (χ4v) is 2.89. The van der Waals surface area contributed by atoms with E-state index in [2.05, 4.69) is 35.8 Å². The van der Waals surface area contributed by atoms with Crippen molar-refractivity contribution in [1.29, 1.82) is 0 Å². The highest BCUT2D eigenvalue weighted by atomic mass is 79.9. The van der Waals surface area contributed by atoms with E-state index in [0.29, 0.717) is 0 Å². The van der Waals surface area contributed by atoms with Gasteiger partial charge in [0.2, 0.25) is 0 Å². The first-order valence-corrected chi connectivity index (χ1v) is 7.87. The second-order valence-corrected chi connectivity index (χ2v) is 6.86. The van der Waals surface area contributed by atoms with E-state index >= 15 is 0 Å². The monoisotopic (exact) mass is 346 g/mol. The minimum atomic E-state index is -0.241. The summed E-state index contributed by atoms with van der Waals surface area (Å²) >= 11 is 9.46. The van der Waals surface area contributed by atoms with Crippen LogP contribution in [0.25, 0.3) is 0 Å². The number of ether oxygens (including phenoxy) is 2. The molecule has 0 spiro atoms. The van der Waals surface area contributed by atoms with Gasteiger partial charge in [-0.2, -0.15) is 0 Å². The Hall–Kier alpha value is -0.0900. The Morgan fingerprint density at radius 1 is 1.42 bits per heavy atom. The lowest BCUT2D eigenvalue weighted by Gasteiger charge is -2.33. The highest BCUT2D eigenvalue weighted by molar-refractivity contribution is 9.10. The van der Waals surface area contributed by atoms with Crippen LogP contribution in [0.4, 0.5) is 0 Å². The van der Waals surface area contributed by atoms with Gasteiger partial charge in [0.15, 0.2) is 6.29 Å². The predicted octanol–water partition coefficient (Wildman–Crippen LogP) is 4.97. The molecule has 1 heterocycles. The van der Waals surface area contributed by atoms with Crippen molar-refractivity contribution >= 4 is 27.5 Å². The van der Waals surface area contributed by atoms with Crippen LogP contribution in [-0.2, 0) is 15.9 Å². The molecule has 1 unspecified atom stereocenters. The first kappa shape index (κ1) is 15.3. The third-order valence-corrected chi connectivity index (χ3v) is 4.42. The van der Waals surface area contributed by atoms with Crippen molar-refractivity contribution < 1.29 is 9.47 Å². The molecule has 0 saturated carbocycles. The molecule has 0 amide bonds. The minimum absolute atomic E-state index is 0.0560. The Labute approximate surface area is 128 Å². The SMILES string of the molecule is CC(C)(Cc1ccc(Cl)c(Br)c1)OC1CCCCO1. The maximum atomic E-state index is 6.08. The molecule has 1 saturated heterocycles. The fraction of sp³-hybridized carbons (Fsp3) is 0.600. The Balaban J connectivity index is 1.96. The maximum Gasteiger partial charge on any atom is 0.158 e. The lowest BCUT2D eigenvalue weighted by atomic mass is 9.98. The van der Waals surface area contributed by atoms with E-state index in [1.165, 1.54) is 12.0 Å². The van der Waals surface area contributed by atoms with E-state index < -0.39 is 0 Å². The molecule has 0 aromatic heterocycles. The average molecular weight is 348 g/mol. The average Bonchev–Trinajstić information content (AvgIpc) is 2.34. The Kier molecular flexibility index (Phi) is 5.29. The zero-order valence-electron chi connectivity index (χ0n) is 11.4. The van der Waals surface area contributed by atoms with Crippen LogP contribution in [0, 0.1) is 0 Å². The summed E-state index contributed by atoms with van der Waals surface area (Å²) in [5.74, 6) is 0. The zero-order chi connectivity index (χ0) is 13.9. The molecule has 0 radical (unpaired) electrons. The van der Waals surface area contributed by atoms with E-state index in [1.807, 2.05) is 12.1 Å². The number of benzene rings is 1. The molecule has 2 nitrogen and oxygen atoms in total. The van der Waals surface area contributed by atoms with Crippen LogP contribution in [0.3, 0.4) is 0 Å². The van der Waals surface area contributed by atoms with Crippen molar-refractivity contribution in [3.05, 3.63) is 33.3 Å². The van der Waals surface area contributed by atoms with Crippen LogP contribution in [0.5, 0.6) is 0 Å². The molecule has 106 valence electrons. The standard InChI is InChI=1S/C15H20BrClO2/c1-15(2,19-14-5-3-4-8-18-14)10-11-6-7-13(17)12(16)9-11/h6-7,9,14H,3-5,8,10H2,1-2H3. The lowest BCUT2D eigenvalue weighted by Crippen LogP contribution is -2.35. The Morgan fingerprint density at radius 2 is 2.21 bits per heavy atom. The first-order chi connectivity index (χ1) is 8.96. The molecule has 0 aliphatic carbocycles. The van der Waals surface area contributed by atoms with Gasteiger partial charge in [0.05, 0.1) is 10.6 Å². The Bertz CT molecular complexity index is 428. The van der Waals surface area contributed by atoms with Crippen LogP contribution >= 0.6 is 27.5 Å². The van der Waals surface area contributed by atoms with E-state index in [-0.39, 0.29) is 11.9 Å². The summed E-state index contributed by atoms with van der Waals surface area (Å²) in [7, 11) is 0. The van der Waals surface area contributed by atoms with Gasteiger partial charge >= 0.3 is 0 Å². The van der Waals surface area contributed by atoms with Crippen LogP contribution < -0.4 is 0 Å². The molecule has 0 N–H and O–H groups in total. The smallest absolute Gasteiger partial charge is 0.158 e. The van der Waals surface area contributed by atoms with E-state index in [4.69, 9.17) is 21.1 Å². The van der Waals surface area contributed by atoms with Gasteiger partial charge < -0.3 is 9.47 Å². The molecule has 1 aromatic rings. The Morgan fingerprint density at radius 3 is 2.84 bits per heavy atom. The van der Waals surface area contributed by atoms with Crippen LogP contribution in [-0.4, -0.2) is 18.5 Å². The number of hydrogen-bond donors (Lipinski definition) is 0. The molecule has 1 atom stereocenters. The molecule has 4 heteroatoms. The maximum absolute atomic E-state index is 6.08. The van der Waals surface area contributed by atoms with Crippen molar-refractivity contribution in [3.8, 4) is 0 Å². The van der Waals surface area contributed by atoms with Crippen LogP contribution in [0.2, 0.25) is 5.02 Å². The quantitative estimate of drug-likeness (QED) is 0.766. The largest absolute Gasteiger partial charge is 0.353 e. The molecular formula is C15H20BrClO2. The van der Waals surface area contributed by atoms with Crippen molar-refractivity contribution in [2.24, 2.45) is 0 Å². The van der Waals surface area contributed by atoms with Gasteiger partial charge in [-0.3, -0.25) is 0 Å². The molecule has 1 aliphatic rings. The van der Waals surface area contributed by atoms with E-state index in [1.54, 1.807) is 0 Å². The molecule has 19 heavy (non-hydrogen) atoms. The molecule has 2 rings (SSSR count). The molecular weight excluding hydrogens is 328 g/mol. The first-order valence-electron chi connectivity index (χ1n) is 6.70. The minimum Gasteiger partial charge on any atom is -0.353 e. The third kappa shape index (κ3) is 4.75. The fourth-order valence-electron chi connectivity index (χ4n) is 2.34. The van der Waals surface area contributed by atoms with Crippen molar-refractivity contribution in [3.63, 3.8) is 0 Å². The summed E-state index contributed by atoms with van der Waals surface area (Å²) < 4.78 is 12.7. The highest BCUT2D eigenvalue weighted by Crippen LogP contribution is 2.28. The second kappa shape index (κ2) is 6.57. The number of halogens is 2. The van der Waals surface area contributed by atoms with Crippen molar-refractivity contribution in [2.75, 3.05) is 6.61 Å². The molecule has 1 aliphatic heterocycles. The summed E-state index contributed by atoms with van der Waals surface area (Å²) in [6, 6.07) is 6.00. The highest BCUT2D eigenvalue weighted by Gasteiger charge is 2.26. The number of rotatable bonds is 4. The summed E-state index contributed by atoms with van der Waals surface area (Å²) in [6.45, 7) is 5.02.